The van der Waals surface area contributed by atoms with Gasteiger partial charge in [0.05, 0.1) is 0 Å². The van der Waals surface area contributed by atoms with E-state index in [4.69, 9.17) is 0 Å². The van der Waals surface area contributed by atoms with Gasteiger partial charge in [-0.15, -0.1) is 0 Å². The van der Waals surface area contributed by atoms with Crippen LogP contribution in [0.3, 0.4) is 0 Å². The first kappa shape index (κ1) is 14.2. The highest BCUT2D eigenvalue weighted by Crippen LogP contribution is 2.46. The third-order valence-electron chi connectivity index (χ3n) is 5.24. The van der Waals surface area contributed by atoms with Gasteiger partial charge in [0.15, 0.2) is 5.78 Å². The second kappa shape index (κ2) is 5.66. The van der Waals surface area contributed by atoms with Gasteiger partial charge in [-0.1, -0.05) is 72.8 Å². The van der Waals surface area contributed by atoms with Crippen molar-refractivity contribution < 1.29 is 4.79 Å². The van der Waals surface area contributed by atoms with Gasteiger partial charge in [-0.05, 0) is 41.5 Å². The van der Waals surface area contributed by atoms with E-state index in [1.165, 1.54) is 16.7 Å². The van der Waals surface area contributed by atoms with E-state index >= 15 is 0 Å². The summed E-state index contributed by atoms with van der Waals surface area (Å²) in [5.74, 6) is 0.742. The molecule has 23 heavy (non-hydrogen) atoms. The lowest BCUT2D eigenvalue weighted by Crippen LogP contribution is -2.33. The summed E-state index contributed by atoms with van der Waals surface area (Å²) in [6, 6.07) is 21.5. The second-order valence-corrected chi connectivity index (χ2v) is 6.59. The van der Waals surface area contributed by atoms with E-state index in [-0.39, 0.29) is 11.2 Å². The van der Waals surface area contributed by atoms with Crippen LogP contribution in [-0.2, 0) is 10.2 Å². The van der Waals surface area contributed by atoms with Crippen LogP contribution in [0.4, 0.5) is 0 Å². The van der Waals surface area contributed by atoms with Gasteiger partial charge in [0, 0.05) is 11.8 Å². The highest BCUT2D eigenvalue weighted by molar-refractivity contribution is 5.92. The van der Waals surface area contributed by atoms with E-state index in [1.807, 2.05) is 6.08 Å². The summed E-state index contributed by atoms with van der Waals surface area (Å²) >= 11 is 0. The summed E-state index contributed by atoms with van der Waals surface area (Å²) < 4.78 is 0. The lowest BCUT2D eigenvalue weighted by atomic mass is 9.63. The molecule has 2 aliphatic rings. The maximum absolute atomic E-state index is 11.7. The smallest absolute Gasteiger partial charge is 0.155 e. The molecule has 2 aromatic carbocycles. The Morgan fingerprint density at radius 3 is 2.09 bits per heavy atom. The third kappa shape index (κ3) is 2.46. The zero-order valence-corrected chi connectivity index (χ0v) is 13.1. The third-order valence-corrected chi connectivity index (χ3v) is 5.24. The van der Waals surface area contributed by atoms with Crippen molar-refractivity contribution in [3.63, 3.8) is 0 Å². The maximum atomic E-state index is 11.7. The Morgan fingerprint density at radius 2 is 1.48 bits per heavy atom. The summed E-state index contributed by atoms with van der Waals surface area (Å²) in [5, 5.41) is 0. The van der Waals surface area contributed by atoms with Crippen molar-refractivity contribution in [3.8, 4) is 0 Å². The molecule has 0 radical (unpaired) electrons. The Labute approximate surface area is 137 Å². The van der Waals surface area contributed by atoms with Crippen LogP contribution < -0.4 is 0 Å². The minimum Gasteiger partial charge on any atom is -0.295 e. The number of fused-ring (bicyclic) bond motifs is 1. The molecule has 0 N–H and O–H groups in total. The Morgan fingerprint density at radius 1 is 0.870 bits per heavy atom. The molecule has 0 spiro atoms. The van der Waals surface area contributed by atoms with Crippen molar-refractivity contribution in [2.45, 2.75) is 24.7 Å². The number of ketones is 1. The van der Waals surface area contributed by atoms with E-state index in [2.05, 4.69) is 72.8 Å². The molecule has 1 unspecified atom stereocenters. The lowest BCUT2D eigenvalue weighted by molar-refractivity contribution is -0.115. The first-order valence-electron chi connectivity index (χ1n) is 8.33. The average molecular weight is 300 g/mol. The predicted octanol–water partition coefficient (Wildman–Crippen LogP) is 4.84. The Bertz CT molecular complexity index is 729. The van der Waals surface area contributed by atoms with Crippen LogP contribution in [0.15, 0.2) is 84.5 Å². The topological polar surface area (TPSA) is 17.1 Å². The van der Waals surface area contributed by atoms with E-state index in [1.54, 1.807) is 0 Å². The van der Waals surface area contributed by atoms with Crippen LogP contribution >= 0.6 is 0 Å². The van der Waals surface area contributed by atoms with E-state index in [0.29, 0.717) is 12.3 Å². The molecule has 1 atom stereocenters. The molecule has 0 aromatic heterocycles. The molecule has 0 amide bonds. The van der Waals surface area contributed by atoms with Crippen molar-refractivity contribution in [1.82, 2.24) is 0 Å². The fourth-order valence-corrected chi connectivity index (χ4v) is 4.02. The molecule has 1 nitrogen and oxygen atoms in total. The number of allylic oxidation sites excluding steroid dienone is 4. The molecule has 114 valence electrons. The van der Waals surface area contributed by atoms with Crippen molar-refractivity contribution in [2.75, 3.05) is 0 Å². The predicted molar refractivity (Wildman–Crippen MR) is 93.2 cm³/mol. The van der Waals surface area contributed by atoms with Crippen molar-refractivity contribution in [1.29, 1.82) is 0 Å². The molecule has 0 aliphatic heterocycles. The fraction of sp³-hybridized carbons (Fsp3) is 0.227. The molecule has 2 aliphatic carbocycles. The van der Waals surface area contributed by atoms with Gasteiger partial charge in [0.1, 0.15) is 0 Å². The summed E-state index contributed by atoms with van der Waals surface area (Å²) in [7, 11) is 0. The van der Waals surface area contributed by atoms with Crippen molar-refractivity contribution >= 4 is 5.78 Å². The summed E-state index contributed by atoms with van der Waals surface area (Å²) in [6.07, 6.45) is 9.03. The summed E-state index contributed by atoms with van der Waals surface area (Å²) in [6.45, 7) is 0. The highest BCUT2D eigenvalue weighted by Gasteiger charge is 2.38. The first-order valence-corrected chi connectivity index (χ1v) is 8.33. The minimum atomic E-state index is -0.0923. The molecule has 0 saturated heterocycles. The number of benzene rings is 2. The minimum absolute atomic E-state index is 0.0923. The van der Waals surface area contributed by atoms with E-state index < -0.39 is 0 Å². The quantitative estimate of drug-likeness (QED) is 0.775. The largest absolute Gasteiger partial charge is 0.295 e. The average Bonchev–Trinajstić information content (AvgIpc) is 2.63. The molecule has 0 bridgehead atoms. The van der Waals surface area contributed by atoms with Crippen LogP contribution in [0.25, 0.3) is 0 Å². The number of rotatable bonds is 2. The Balaban J connectivity index is 1.87. The van der Waals surface area contributed by atoms with Crippen molar-refractivity contribution in [2.24, 2.45) is 5.92 Å². The maximum Gasteiger partial charge on any atom is 0.155 e. The number of carbonyl (C=O) groups excluding carboxylic acids is 1. The van der Waals surface area contributed by atoms with Crippen LogP contribution in [0.2, 0.25) is 0 Å². The number of hydrogen-bond acceptors (Lipinski definition) is 1. The van der Waals surface area contributed by atoms with Crippen molar-refractivity contribution in [3.05, 3.63) is 95.6 Å². The van der Waals surface area contributed by atoms with Gasteiger partial charge in [0.25, 0.3) is 0 Å². The normalized spacial score (nSPS) is 22.3. The zero-order valence-electron chi connectivity index (χ0n) is 13.1. The van der Waals surface area contributed by atoms with Crippen LogP contribution in [0, 0.1) is 5.92 Å². The fourth-order valence-electron chi connectivity index (χ4n) is 4.02. The SMILES string of the molecule is O=C1C=C2C=CC(c3ccccc3)(c3ccccc3)CC2CC1. The van der Waals surface area contributed by atoms with Gasteiger partial charge < -0.3 is 0 Å². The standard InChI is InChI=1S/C22H20O/c23-21-12-11-18-16-22(14-13-17(18)15-21,19-7-3-1-4-8-19)20-9-5-2-6-10-20/h1-10,13-15,18H,11-12,16H2. The van der Waals surface area contributed by atoms with Gasteiger partial charge in [-0.2, -0.15) is 0 Å². The Hall–Kier alpha value is -2.41. The Kier molecular flexibility index (Phi) is 3.49. The molecule has 1 heteroatoms. The monoisotopic (exact) mass is 300 g/mol. The molecule has 0 saturated carbocycles. The van der Waals surface area contributed by atoms with Gasteiger partial charge in [0.2, 0.25) is 0 Å². The van der Waals surface area contributed by atoms with E-state index in [0.717, 1.165) is 12.8 Å². The van der Waals surface area contributed by atoms with Gasteiger partial charge >= 0.3 is 0 Å². The second-order valence-electron chi connectivity index (χ2n) is 6.59. The molecular weight excluding hydrogens is 280 g/mol. The highest BCUT2D eigenvalue weighted by atomic mass is 16.1. The van der Waals surface area contributed by atoms with Crippen LogP contribution in [0.1, 0.15) is 30.4 Å². The first-order chi connectivity index (χ1) is 11.3. The van der Waals surface area contributed by atoms with Gasteiger partial charge in [-0.3, -0.25) is 4.79 Å². The molecular formula is C22H20O. The number of carbonyl (C=O) groups is 1. The summed E-state index contributed by atoms with van der Waals surface area (Å²) in [4.78, 5) is 11.7. The van der Waals surface area contributed by atoms with E-state index in [9.17, 15) is 4.79 Å². The molecule has 0 fully saturated rings. The molecule has 4 rings (SSSR count). The molecule has 2 aromatic rings. The zero-order chi connectivity index (χ0) is 15.7. The molecule has 0 heterocycles. The lowest BCUT2D eigenvalue weighted by Gasteiger charge is -2.40. The van der Waals surface area contributed by atoms with Crippen LogP contribution in [0.5, 0.6) is 0 Å². The number of hydrogen-bond donors (Lipinski definition) is 0. The van der Waals surface area contributed by atoms with Gasteiger partial charge in [-0.25, -0.2) is 0 Å². The summed E-state index contributed by atoms with van der Waals surface area (Å²) in [5.41, 5.74) is 3.78. The van der Waals surface area contributed by atoms with Crippen LogP contribution in [-0.4, -0.2) is 5.78 Å².